The second-order valence-electron chi connectivity index (χ2n) is 4.88. The van der Waals surface area contributed by atoms with E-state index in [4.69, 9.17) is 5.73 Å². The van der Waals surface area contributed by atoms with E-state index >= 15 is 0 Å². The summed E-state index contributed by atoms with van der Waals surface area (Å²) in [6.45, 7) is 7.68. The Morgan fingerprint density at radius 2 is 1.83 bits per heavy atom. The van der Waals surface area contributed by atoms with Crippen molar-refractivity contribution in [1.29, 1.82) is 0 Å². The van der Waals surface area contributed by atoms with Crippen molar-refractivity contribution in [2.24, 2.45) is 5.73 Å². The van der Waals surface area contributed by atoms with Gasteiger partial charge in [0.05, 0.1) is 6.54 Å². The molecule has 0 amide bonds. The summed E-state index contributed by atoms with van der Waals surface area (Å²) >= 11 is 0. The van der Waals surface area contributed by atoms with Crippen LogP contribution in [0.15, 0.2) is 30.3 Å². The molecular weight excluding hydrogens is 224 g/mol. The van der Waals surface area contributed by atoms with Crippen LogP contribution in [0.25, 0.3) is 0 Å². The highest BCUT2D eigenvalue weighted by Crippen LogP contribution is 2.30. The molecule has 0 atom stereocenters. The van der Waals surface area contributed by atoms with Gasteiger partial charge >= 0.3 is 0 Å². The molecule has 18 heavy (non-hydrogen) atoms. The number of nitrogens with zero attached hydrogens (tertiary/aromatic N) is 3. The Morgan fingerprint density at radius 1 is 1.17 bits per heavy atom. The van der Waals surface area contributed by atoms with Crippen molar-refractivity contribution in [3.8, 4) is 0 Å². The van der Waals surface area contributed by atoms with Gasteiger partial charge in [-0.3, -0.25) is 0 Å². The standard InChI is InChI=1S/C14H20N4/c1-4-18-12(10-15)16-17-13(18)14(2,3)11-8-6-5-7-9-11/h5-9H,4,10,15H2,1-3H3. The molecule has 2 N–H and O–H groups in total. The van der Waals surface area contributed by atoms with Gasteiger partial charge in [0.25, 0.3) is 0 Å². The summed E-state index contributed by atoms with van der Waals surface area (Å²) in [4.78, 5) is 0. The van der Waals surface area contributed by atoms with Gasteiger partial charge in [0, 0.05) is 12.0 Å². The predicted octanol–water partition coefficient (Wildman–Crippen LogP) is 2.08. The van der Waals surface area contributed by atoms with Gasteiger partial charge in [-0.1, -0.05) is 30.3 Å². The van der Waals surface area contributed by atoms with Gasteiger partial charge in [-0.15, -0.1) is 10.2 Å². The minimum Gasteiger partial charge on any atom is -0.324 e. The third-order valence-corrected chi connectivity index (χ3v) is 3.38. The van der Waals surface area contributed by atoms with Gasteiger partial charge in [0.2, 0.25) is 0 Å². The number of nitrogens with two attached hydrogens (primary N) is 1. The Hall–Kier alpha value is -1.68. The molecule has 2 aromatic rings. The van der Waals surface area contributed by atoms with Crippen LogP contribution in [-0.4, -0.2) is 14.8 Å². The summed E-state index contributed by atoms with van der Waals surface area (Å²) in [7, 11) is 0. The normalized spacial score (nSPS) is 11.8. The lowest BCUT2D eigenvalue weighted by atomic mass is 9.83. The molecule has 1 aromatic heterocycles. The quantitative estimate of drug-likeness (QED) is 0.896. The maximum Gasteiger partial charge on any atom is 0.146 e. The monoisotopic (exact) mass is 244 g/mol. The number of aromatic nitrogens is 3. The highest BCUT2D eigenvalue weighted by Gasteiger charge is 2.29. The van der Waals surface area contributed by atoms with Gasteiger partial charge in [0.15, 0.2) is 0 Å². The Balaban J connectivity index is 2.51. The van der Waals surface area contributed by atoms with Crippen molar-refractivity contribution < 1.29 is 0 Å². The molecule has 0 saturated carbocycles. The first-order valence-corrected chi connectivity index (χ1v) is 6.29. The van der Waals surface area contributed by atoms with Crippen LogP contribution in [-0.2, 0) is 18.5 Å². The Morgan fingerprint density at radius 3 is 2.39 bits per heavy atom. The molecule has 4 heteroatoms. The van der Waals surface area contributed by atoms with Crippen molar-refractivity contribution in [3.05, 3.63) is 47.5 Å². The van der Waals surface area contributed by atoms with Crippen molar-refractivity contribution in [2.45, 2.75) is 39.3 Å². The lowest BCUT2D eigenvalue weighted by molar-refractivity contribution is 0.532. The summed E-state index contributed by atoms with van der Waals surface area (Å²) < 4.78 is 2.10. The van der Waals surface area contributed by atoms with E-state index in [1.54, 1.807) is 0 Å². The highest BCUT2D eigenvalue weighted by molar-refractivity contribution is 5.31. The van der Waals surface area contributed by atoms with Crippen LogP contribution in [0.1, 0.15) is 38.0 Å². The highest BCUT2D eigenvalue weighted by atomic mass is 15.3. The summed E-state index contributed by atoms with van der Waals surface area (Å²) in [5.74, 6) is 1.81. The topological polar surface area (TPSA) is 56.7 Å². The largest absolute Gasteiger partial charge is 0.324 e. The van der Waals surface area contributed by atoms with Gasteiger partial charge in [0.1, 0.15) is 11.6 Å². The number of hydrogen-bond donors (Lipinski definition) is 1. The lowest BCUT2D eigenvalue weighted by Gasteiger charge is -2.25. The zero-order chi connectivity index (χ0) is 13.2. The zero-order valence-electron chi connectivity index (χ0n) is 11.2. The van der Waals surface area contributed by atoms with Gasteiger partial charge in [-0.05, 0) is 26.3 Å². The molecule has 0 saturated heterocycles. The molecule has 1 heterocycles. The Labute approximate surface area is 108 Å². The number of benzene rings is 1. The minimum atomic E-state index is -0.169. The number of rotatable bonds is 4. The molecule has 96 valence electrons. The van der Waals surface area contributed by atoms with Crippen molar-refractivity contribution in [3.63, 3.8) is 0 Å². The van der Waals surface area contributed by atoms with E-state index in [2.05, 4.69) is 47.7 Å². The third kappa shape index (κ3) is 2.04. The van der Waals surface area contributed by atoms with Crippen LogP contribution in [0.4, 0.5) is 0 Å². The molecule has 0 aliphatic heterocycles. The second kappa shape index (κ2) is 4.90. The molecule has 0 unspecified atom stereocenters. The van der Waals surface area contributed by atoms with Crippen LogP contribution in [0.5, 0.6) is 0 Å². The van der Waals surface area contributed by atoms with E-state index in [1.165, 1.54) is 5.56 Å². The molecule has 0 aliphatic rings. The van der Waals surface area contributed by atoms with E-state index in [-0.39, 0.29) is 5.41 Å². The summed E-state index contributed by atoms with van der Waals surface area (Å²) in [5, 5.41) is 8.52. The van der Waals surface area contributed by atoms with Gasteiger partial charge in [-0.25, -0.2) is 0 Å². The average molecular weight is 244 g/mol. The predicted molar refractivity (Wildman–Crippen MR) is 72.2 cm³/mol. The van der Waals surface area contributed by atoms with Crippen LogP contribution in [0.2, 0.25) is 0 Å². The van der Waals surface area contributed by atoms with Gasteiger partial charge < -0.3 is 10.3 Å². The Kier molecular flexibility index (Phi) is 3.48. The molecular formula is C14H20N4. The van der Waals surface area contributed by atoms with E-state index in [0.717, 1.165) is 18.2 Å². The lowest BCUT2D eigenvalue weighted by Crippen LogP contribution is -2.25. The van der Waals surface area contributed by atoms with Crippen LogP contribution in [0.3, 0.4) is 0 Å². The van der Waals surface area contributed by atoms with Crippen molar-refractivity contribution in [1.82, 2.24) is 14.8 Å². The minimum absolute atomic E-state index is 0.169. The fraction of sp³-hybridized carbons (Fsp3) is 0.429. The first-order chi connectivity index (χ1) is 8.61. The molecule has 4 nitrogen and oxygen atoms in total. The van der Waals surface area contributed by atoms with E-state index < -0.39 is 0 Å². The molecule has 0 spiro atoms. The van der Waals surface area contributed by atoms with E-state index in [0.29, 0.717) is 6.54 Å². The van der Waals surface area contributed by atoms with E-state index in [9.17, 15) is 0 Å². The third-order valence-electron chi connectivity index (χ3n) is 3.38. The smallest absolute Gasteiger partial charge is 0.146 e. The van der Waals surface area contributed by atoms with Crippen LogP contribution >= 0.6 is 0 Å². The fourth-order valence-corrected chi connectivity index (χ4v) is 2.26. The summed E-state index contributed by atoms with van der Waals surface area (Å²) in [6.07, 6.45) is 0. The molecule has 0 bridgehead atoms. The van der Waals surface area contributed by atoms with Crippen molar-refractivity contribution >= 4 is 0 Å². The maximum atomic E-state index is 5.70. The SMILES string of the molecule is CCn1c(CN)nnc1C(C)(C)c1ccccc1. The second-order valence-corrected chi connectivity index (χ2v) is 4.88. The molecule has 0 aliphatic carbocycles. The molecule has 2 rings (SSSR count). The fourth-order valence-electron chi connectivity index (χ4n) is 2.26. The first-order valence-electron chi connectivity index (χ1n) is 6.29. The zero-order valence-corrected chi connectivity index (χ0v) is 11.2. The first kappa shape index (κ1) is 12.8. The molecule has 0 fully saturated rings. The summed E-state index contributed by atoms with van der Waals surface area (Å²) in [5.41, 5.74) is 6.76. The number of hydrogen-bond acceptors (Lipinski definition) is 3. The average Bonchev–Trinajstić information content (AvgIpc) is 2.83. The van der Waals surface area contributed by atoms with Crippen LogP contribution in [0, 0.1) is 0 Å². The molecule has 1 aromatic carbocycles. The maximum absolute atomic E-state index is 5.70. The van der Waals surface area contributed by atoms with Crippen LogP contribution < -0.4 is 5.73 Å². The summed E-state index contributed by atoms with van der Waals surface area (Å²) in [6, 6.07) is 10.4. The van der Waals surface area contributed by atoms with Gasteiger partial charge in [-0.2, -0.15) is 0 Å². The Bertz CT molecular complexity index is 514. The molecule has 0 radical (unpaired) electrons. The van der Waals surface area contributed by atoms with Crippen molar-refractivity contribution in [2.75, 3.05) is 0 Å². The van der Waals surface area contributed by atoms with E-state index in [1.807, 2.05) is 18.2 Å².